The second-order valence-electron chi connectivity index (χ2n) is 8.92. The Morgan fingerprint density at radius 3 is 2.94 bits per heavy atom. The van der Waals surface area contributed by atoms with Gasteiger partial charge in [-0.25, -0.2) is 9.78 Å². The van der Waals surface area contributed by atoms with Crippen molar-refractivity contribution in [1.82, 2.24) is 19.9 Å². The second kappa shape index (κ2) is 9.69. The number of imidazole rings is 1. The number of esters is 1. The number of nitrogens with one attached hydrogen (secondary N) is 2. The number of para-hydroxylation sites is 1. The van der Waals surface area contributed by atoms with E-state index in [4.69, 9.17) is 4.74 Å². The highest BCUT2D eigenvalue weighted by atomic mass is 16.5. The molecule has 6 nitrogen and oxygen atoms in total. The van der Waals surface area contributed by atoms with Gasteiger partial charge in [-0.05, 0) is 60.6 Å². The van der Waals surface area contributed by atoms with Crippen molar-refractivity contribution in [3.63, 3.8) is 0 Å². The SMILES string of the molecule is COC(=O)C=Cc1ccc2c(c1)CCC2N(CCc1c[nH]c2ccccc12)Cc1nc[nH]c1C. The van der Waals surface area contributed by atoms with Crippen LogP contribution in [0.15, 0.2) is 61.1 Å². The molecule has 2 N–H and O–H groups in total. The average Bonchev–Trinajstić information content (AvgIpc) is 3.58. The highest BCUT2D eigenvalue weighted by molar-refractivity contribution is 5.87. The maximum atomic E-state index is 11.5. The Kier molecular flexibility index (Phi) is 6.32. The summed E-state index contributed by atoms with van der Waals surface area (Å²) in [4.78, 5) is 25.3. The van der Waals surface area contributed by atoms with E-state index < -0.39 is 0 Å². The van der Waals surface area contributed by atoms with Gasteiger partial charge in [-0.15, -0.1) is 0 Å². The zero-order chi connectivity index (χ0) is 23.5. The molecular weight excluding hydrogens is 424 g/mol. The maximum Gasteiger partial charge on any atom is 0.330 e. The molecule has 2 aromatic carbocycles. The molecule has 0 saturated carbocycles. The fourth-order valence-corrected chi connectivity index (χ4v) is 5.02. The summed E-state index contributed by atoms with van der Waals surface area (Å²) >= 11 is 0. The van der Waals surface area contributed by atoms with E-state index in [9.17, 15) is 4.79 Å². The van der Waals surface area contributed by atoms with Gasteiger partial charge in [-0.2, -0.15) is 0 Å². The van der Waals surface area contributed by atoms with Crippen LogP contribution in [-0.2, 0) is 28.9 Å². The summed E-state index contributed by atoms with van der Waals surface area (Å²) in [5, 5.41) is 1.30. The van der Waals surface area contributed by atoms with E-state index in [1.54, 1.807) is 6.33 Å². The van der Waals surface area contributed by atoms with Crippen molar-refractivity contribution in [2.24, 2.45) is 0 Å². The fraction of sp³-hybridized carbons (Fsp3) is 0.286. The van der Waals surface area contributed by atoms with Gasteiger partial charge in [-0.3, -0.25) is 4.90 Å². The summed E-state index contributed by atoms with van der Waals surface area (Å²) < 4.78 is 4.71. The Bertz CT molecular complexity index is 1330. The van der Waals surface area contributed by atoms with Gasteiger partial charge in [0.25, 0.3) is 0 Å². The number of aryl methyl sites for hydroxylation is 2. The standard InChI is InChI=1S/C28H30N4O2/c1-19-26(31-18-30-19)17-32(14-13-22-16-29-25-6-4-3-5-23(22)25)27-11-9-21-15-20(7-10-24(21)27)8-12-28(33)34-2/h3-8,10,12,15-16,18,27,29H,9,11,13-14,17H2,1-2H3,(H,30,31). The van der Waals surface area contributed by atoms with Gasteiger partial charge in [0.2, 0.25) is 0 Å². The molecule has 34 heavy (non-hydrogen) atoms. The van der Waals surface area contributed by atoms with Crippen molar-refractivity contribution in [1.29, 1.82) is 0 Å². The molecule has 0 amide bonds. The van der Waals surface area contributed by atoms with Crippen LogP contribution in [0, 0.1) is 6.92 Å². The molecule has 1 aliphatic carbocycles. The molecule has 174 valence electrons. The number of carbonyl (C=O) groups excluding carboxylic acids is 1. The molecule has 6 heteroatoms. The Balaban J connectivity index is 1.39. The average molecular weight is 455 g/mol. The Morgan fingerprint density at radius 1 is 1.24 bits per heavy atom. The summed E-state index contributed by atoms with van der Waals surface area (Å²) in [6.45, 7) is 3.84. The third kappa shape index (κ3) is 4.54. The predicted molar refractivity (Wildman–Crippen MR) is 134 cm³/mol. The summed E-state index contributed by atoms with van der Waals surface area (Å²) in [6.07, 6.45) is 10.3. The lowest BCUT2D eigenvalue weighted by Gasteiger charge is -2.29. The van der Waals surface area contributed by atoms with E-state index in [1.165, 1.54) is 40.8 Å². The zero-order valence-electron chi connectivity index (χ0n) is 19.7. The topological polar surface area (TPSA) is 74.0 Å². The van der Waals surface area contributed by atoms with Gasteiger partial charge < -0.3 is 14.7 Å². The molecule has 4 aromatic rings. The lowest BCUT2D eigenvalue weighted by Crippen LogP contribution is -2.29. The number of ether oxygens (including phenoxy) is 1. The fourth-order valence-electron chi connectivity index (χ4n) is 5.02. The molecule has 0 fully saturated rings. The van der Waals surface area contributed by atoms with E-state index in [1.807, 2.05) is 6.08 Å². The lowest BCUT2D eigenvalue weighted by atomic mass is 10.0. The van der Waals surface area contributed by atoms with Crippen molar-refractivity contribution in [3.05, 3.63) is 94.7 Å². The van der Waals surface area contributed by atoms with Gasteiger partial charge in [-0.1, -0.05) is 36.4 Å². The number of hydrogen-bond donors (Lipinski definition) is 2. The van der Waals surface area contributed by atoms with Crippen LogP contribution in [0.2, 0.25) is 0 Å². The first-order chi connectivity index (χ1) is 16.6. The summed E-state index contributed by atoms with van der Waals surface area (Å²) in [6, 6.07) is 15.3. The highest BCUT2D eigenvalue weighted by Crippen LogP contribution is 2.37. The first-order valence-corrected chi connectivity index (χ1v) is 11.8. The summed E-state index contributed by atoms with van der Waals surface area (Å²) in [7, 11) is 1.39. The second-order valence-corrected chi connectivity index (χ2v) is 8.92. The van der Waals surface area contributed by atoms with Gasteiger partial charge >= 0.3 is 5.97 Å². The maximum absolute atomic E-state index is 11.5. The minimum Gasteiger partial charge on any atom is -0.466 e. The molecule has 0 radical (unpaired) electrons. The molecule has 1 aliphatic rings. The lowest BCUT2D eigenvalue weighted by molar-refractivity contribution is -0.134. The first kappa shape index (κ1) is 22.2. The van der Waals surface area contributed by atoms with Crippen molar-refractivity contribution < 1.29 is 9.53 Å². The number of benzene rings is 2. The van der Waals surface area contributed by atoms with Gasteiger partial charge in [0, 0.05) is 48.0 Å². The molecule has 2 aromatic heterocycles. The Hall–Kier alpha value is -3.64. The molecule has 2 heterocycles. The quantitative estimate of drug-likeness (QED) is 0.286. The van der Waals surface area contributed by atoms with Crippen LogP contribution in [0.1, 0.15) is 46.1 Å². The number of aromatic nitrogens is 3. The number of nitrogens with zero attached hydrogens (tertiary/aromatic N) is 2. The van der Waals surface area contributed by atoms with Crippen molar-refractivity contribution in [2.75, 3.05) is 13.7 Å². The van der Waals surface area contributed by atoms with Crippen LogP contribution >= 0.6 is 0 Å². The third-order valence-electron chi connectivity index (χ3n) is 6.90. The van der Waals surface area contributed by atoms with Crippen molar-refractivity contribution >= 4 is 22.9 Å². The molecule has 0 saturated heterocycles. The Labute approximate surface area is 199 Å². The zero-order valence-corrected chi connectivity index (χ0v) is 19.7. The number of methoxy groups -OCH3 is 1. The van der Waals surface area contributed by atoms with Crippen LogP contribution in [0.25, 0.3) is 17.0 Å². The van der Waals surface area contributed by atoms with E-state index in [0.29, 0.717) is 6.04 Å². The van der Waals surface area contributed by atoms with E-state index in [2.05, 4.69) is 75.4 Å². The van der Waals surface area contributed by atoms with Crippen LogP contribution < -0.4 is 0 Å². The normalized spacial score (nSPS) is 15.4. The number of hydrogen-bond acceptors (Lipinski definition) is 4. The number of fused-ring (bicyclic) bond motifs is 2. The van der Waals surface area contributed by atoms with E-state index in [-0.39, 0.29) is 5.97 Å². The molecule has 0 bridgehead atoms. The molecule has 0 spiro atoms. The third-order valence-corrected chi connectivity index (χ3v) is 6.90. The van der Waals surface area contributed by atoms with Crippen molar-refractivity contribution in [3.8, 4) is 0 Å². The summed E-state index contributed by atoms with van der Waals surface area (Å²) in [5.74, 6) is -0.337. The number of carbonyl (C=O) groups is 1. The predicted octanol–water partition coefficient (Wildman–Crippen LogP) is 5.12. The minimum absolute atomic E-state index is 0.337. The van der Waals surface area contributed by atoms with Gasteiger partial charge in [0.1, 0.15) is 0 Å². The van der Waals surface area contributed by atoms with Crippen LogP contribution in [0.5, 0.6) is 0 Å². The van der Waals surface area contributed by atoms with Crippen LogP contribution in [0.4, 0.5) is 0 Å². The largest absolute Gasteiger partial charge is 0.466 e. The van der Waals surface area contributed by atoms with Crippen LogP contribution in [0.3, 0.4) is 0 Å². The highest BCUT2D eigenvalue weighted by Gasteiger charge is 2.29. The molecule has 1 atom stereocenters. The van der Waals surface area contributed by atoms with E-state index in [0.717, 1.165) is 49.3 Å². The molecule has 0 aliphatic heterocycles. The molecular formula is C28H30N4O2. The van der Waals surface area contributed by atoms with Crippen molar-refractivity contribution in [2.45, 2.75) is 38.8 Å². The number of aromatic amines is 2. The molecule has 1 unspecified atom stereocenters. The van der Waals surface area contributed by atoms with Gasteiger partial charge in [0.15, 0.2) is 0 Å². The van der Waals surface area contributed by atoms with Gasteiger partial charge in [0.05, 0.1) is 19.1 Å². The monoisotopic (exact) mass is 454 g/mol. The minimum atomic E-state index is -0.337. The van der Waals surface area contributed by atoms with E-state index >= 15 is 0 Å². The smallest absolute Gasteiger partial charge is 0.330 e. The summed E-state index contributed by atoms with van der Waals surface area (Å²) in [5.41, 5.74) is 8.52. The molecule has 5 rings (SSSR count). The Morgan fingerprint density at radius 2 is 2.12 bits per heavy atom. The first-order valence-electron chi connectivity index (χ1n) is 11.8. The number of H-pyrrole nitrogens is 2. The number of rotatable bonds is 8. The van der Waals surface area contributed by atoms with Crippen LogP contribution in [-0.4, -0.2) is 39.5 Å².